The lowest BCUT2D eigenvalue weighted by Crippen LogP contribution is -2.17. The predicted octanol–water partition coefficient (Wildman–Crippen LogP) is 5.37. The number of rotatable bonds is 5. The molecule has 31 heavy (non-hydrogen) atoms. The van der Waals surface area contributed by atoms with Crippen molar-refractivity contribution < 1.29 is 44.0 Å². The molecule has 0 aliphatic rings. The Hall–Kier alpha value is -3.02. The quantitative estimate of drug-likeness (QED) is 0.474. The maximum atomic E-state index is 14.4. The molecular formula is C19H13F6NO4S. The maximum absolute atomic E-state index is 14.4. The number of hydrogen-bond acceptors (Lipinski definition) is 5. The molecule has 0 N–H and O–H groups in total. The van der Waals surface area contributed by atoms with Gasteiger partial charge in [0.25, 0.3) is 0 Å². The number of ether oxygens (including phenoxy) is 1. The standard InChI is InChI=1S/C19H13F6NO4S/c1-9-3-4-10(7-14(9)29-19(23,24)25)17-16(15(8-20)30-26-17)11-5-12(21)18(13(22)6-11)31(2,27)28/h3-7H,8H2,1-2H3. The van der Waals surface area contributed by atoms with E-state index in [1.54, 1.807) is 0 Å². The van der Waals surface area contributed by atoms with Crippen LogP contribution in [0.4, 0.5) is 26.3 Å². The van der Waals surface area contributed by atoms with Crippen LogP contribution in [0.2, 0.25) is 0 Å². The van der Waals surface area contributed by atoms with Gasteiger partial charge in [0.1, 0.15) is 28.0 Å². The third-order valence-corrected chi connectivity index (χ3v) is 5.36. The highest BCUT2D eigenvalue weighted by molar-refractivity contribution is 7.90. The van der Waals surface area contributed by atoms with Crippen LogP contribution in [0, 0.1) is 18.6 Å². The van der Waals surface area contributed by atoms with Crippen LogP contribution in [0.1, 0.15) is 11.3 Å². The van der Waals surface area contributed by atoms with E-state index >= 15 is 0 Å². The fraction of sp³-hybridized carbons (Fsp3) is 0.211. The SMILES string of the molecule is Cc1ccc(-c2noc(CF)c2-c2cc(F)c(S(C)(=O)=O)c(F)c2)cc1OC(F)(F)F. The molecule has 0 unspecified atom stereocenters. The van der Waals surface area contributed by atoms with Crippen LogP contribution >= 0.6 is 0 Å². The van der Waals surface area contributed by atoms with Gasteiger partial charge < -0.3 is 9.26 Å². The van der Waals surface area contributed by atoms with Crippen molar-refractivity contribution in [3.63, 3.8) is 0 Å². The number of hydrogen-bond donors (Lipinski definition) is 0. The molecule has 12 heteroatoms. The molecule has 0 saturated heterocycles. The molecule has 0 radical (unpaired) electrons. The van der Waals surface area contributed by atoms with E-state index in [9.17, 15) is 34.8 Å². The van der Waals surface area contributed by atoms with Gasteiger partial charge in [-0.05, 0) is 36.2 Å². The molecule has 166 valence electrons. The summed E-state index contributed by atoms with van der Waals surface area (Å²) in [7, 11) is -4.24. The number of alkyl halides is 4. The van der Waals surface area contributed by atoms with Gasteiger partial charge in [0.15, 0.2) is 22.3 Å². The zero-order valence-corrected chi connectivity index (χ0v) is 16.7. The van der Waals surface area contributed by atoms with Gasteiger partial charge in [0.2, 0.25) is 0 Å². The number of benzene rings is 2. The minimum Gasteiger partial charge on any atom is -0.405 e. The number of aryl methyl sites for hydroxylation is 1. The van der Waals surface area contributed by atoms with Crippen molar-refractivity contribution in [2.24, 2.45) is 0 Å². The number of halogens is 6. The molecule has 0 atom stereocenters. The molecule has 0 aliphatic heterocycles. The summed E-state index contributed by atoms with van der Waals surface area (Å²) < 4.78 is 112. The molecule has 2 aromatic carbocycles. The molecule has 0 fully saturated rings. The van der Waals surface area contributed by atoms with E-state index in [1.807, 2.05) is 0 Å². The molecule has 1 heterocycles. The lowest BCUT2D eigenvalue weighted by molar-refractivity contribution is -0.274. The third-order valence-electron chi connectivity index (χ3n) is 4.23. The summed E-state index contributed by atoms with van der Waals surface area (Å²) in [5.41, 5.74) is -0.666. The molecule has 0 amide bonds. The van der Waals surface area contributed by atoms with E-state index in [0.29, 0.717) is 18.4 Å². The van der Waals surface area contributed by atoms with Crippen molar-refractivity contribution in [2.75, 3.05) is 6.26 Å². The van der Waals surface area contributed by atoms with Crippen LogP contribution in [-0.4, -0.2) is 26.2 Å². The minimum atomic E-state index is -4.98. The van der Waals surface area contributed by atoms with E-state index in [4.69, 9.17) is 4.52 Å². The second-order valence-corrected chi connectivity index (χ2v) is 8.48. The van der Waals surface area contributed by atoms with E-state index in [1.165, 1.54) is 19.1 Å². The van der Waals surface area contributed by atoms with Crippen molar-refractivity contribution in [1.82, 2.24) is 5.16 Å². The molecule has 1 aromatic heterocycles. The summed E-state index contributed by atoms with van der Waals surface area (Å²) in [4.78, 5) is -1.17. The number of aromatic nitrogens is 1. The molecule has 3 rings (SSSR count). The Bertz CT molecular complexity index is 1230. The van der Waals surface area contributed by atoms with Gasteiger partial charge in [-0.1, -0.05) is 17.3 Å². The van der Waals surface area contributed by atoms with Crippen molar-refractivity contribution in [3.05, 3.63) is 53.3 Å². The highest BCUT2D eigenvalue weighted by atomic mass is 32.2. The van der Waals surface area contributed by atoms with Crippen molar-refractivity contribution in [3.8, 4) is 28.1 Å². The fourth-order valence-electron chi connectivity index (χ4n) is 2.95. The van der Waals surface area contributed by atoms with Crippen LogP contribution in [0.25, 0.3) is 22.4 Å². The largest absolute Gasteiger partial charge is 0.573 e. The summed E-state index contributed by atoms with van der Waals surface area (Å²) in [5, 5.41) is 3.62. The van der Waals surface area contributed by atoms with Gasteiger partial charge in [-0.3, -0.25) is 0 Å². The molecule has 0 bridgehead atoms. The van der Waals surface area contributed by atoms with Crippen LogP contribution in [0.3, 0.4) is 0 Å². The molecule has 0 aliphatic carbocycles. The van der Waals surface area contributed by atoms with E-state index in [0.717, 1.165) is 6.07 Å². The molecule has 5 nitrogen and oxygen atoms in total. The Morgan fingerprint density at radius 1 is 1.06 bits per heavy atom. The Morgan fingerprint density at radius 2 is 1.68 bits per heavy atom. The Kier molecular flexibility index (Phi) is 5.78. The summed E-state index contributed by atoms with van der Waals surface area (Å²) in [6.45, 7) is 0.105. The smallest absolute Gasteiger partial charge is 0.405 e. The van der Waals surface area contributed by atoms with Crippen LogP contribution in [0.15, 0.2) is 39.8 Å². The minimum absolute atomic E-state index is 0.0173. The fourth-order valence-corrected chi connectivity index (χ4v) is 3.78. The van der Waals surface area contributed by atoms with E-state index in [-0.39, 0.29) is 27.9 Å². The second kappa shape index (κ2) is 7.91. The first kappa shape index (κ1) is 22.7. The molecule has 3 aromatic rings. The summed E-state index contributed by atoms with van der Waals surface area (Å²) in [6.07, 6.45) is -4.37. The Balaban J connectivity index is 2.21. The van der Waals surface area contributed by atoms with Crippen LogP contribution in [0.5, 0.6) is 5.75 Å². The first-order valence-electron chi connectivity index (χ1n) is 8.42. The summed E-state index contributed by atoms with van der Waals surface area (Å²) in [5.74, 6) is -3.88. The van der Waals surface area contributed by atoms with Gasteiger partial charge in [-0.2, -0.15) is 0 Å². The van der Waals surface area contributed by atoms with Gasteiger partial charge >= 0.3 is 6.36 Å². The van der Waals surface area contributed by atoms with Crippen molar-refractivity contribution >= 4 is 9.84 Å². The van der Waals surface area contributed by atoms with Gasteiger partial charge in [0.05, 0.1) is 5.56 Å². The first-order valence-corrected chi connectivity index (χ1v) is 10.3. The monoisotopic (exact) mass is 465 g/mol. The van der Waals surface area contributed by atoms with Crippen molar-refractivity contribution in [1.29, 1.82) is 0 Å². The highest BCUT2D eigenvalue weighted by Gasteiger charge is 2.32. The summed E-state index contributed by atoms with van der Waals surface area (Å²) in [6, 6.07) is 4.87. The zero-order valence-electron chi connectivity index (χ0n) is 15.9. The zero-order chi connectivity index (χ0) is 23.1. The normalized spacial score (nSPS) is 12.3. The average molecular weight is 465 g/mol. The lowest BCUT2D eigenvalue weighted by atomic mass is 9.98. The predicted molar refractivity (Wildman–Crippen MR) is 96.6 cm³/mol. The number of nitrogens with zero attached hydrogens (tertiary/aromatic N) is 1. The lowest BCUT2D eigenvalue weighted by Gasteiger charge is -2.13. The van der Waals surface area contributed by atoms with E-state index in [2.05, 4.69) is 9.89 Å². The maximum Gasteiger partial charge on any atom is 0.573 e. The third kappa shape index (κ3) is 4.68. The van der Waals surface area contributed by atoms with Crippen LogP contribution < -0.4 is 4.74 Å². The molecular weight excluding hydrogens is 452 g/mol. The van der Waals surface area contributed by atoms with Gasteiger partial charge in [-0.25, -0.2) is 21.6 Å². The highest BCUT2D eigenvalue weighted by Crippen LogP contribution is 2.39. The topological polar surface area (TPSA) is 69.4 Å². The Labute approximate surface area is 172 Å². The van der Waals surface area contributed by atoms with Crippen molar-refractivity contribution in [2.45, 2.75) is 24.9 Å². The second-order valence-electron chi connectivity index (χ2n) is 6.53. The molecule has 0 spiro atoms. The Morgan fingerprint density at radius 3 is 2.19 bits per heavy atom. The average Bonchev–Trinajstić information content (AvgIpc) is 3.04. The number of sulfone groups is 1. The molecule has 0 saturated carbocycles. The van der Waals surface area contributed by atoms with Crippen LogP contribution in [-0.2, 0) is 16.5 Å². The van der Waals surface area contributed by atoms with Gasteiger partial charge in [-0.15, -0.1) is 13.2 Å². The van der Waals surface area contributed by atoms with Gasteiger partial charge in [0, 0.05) is 11.8 Å². The summed E-state index contributed by atoms with van der Waals surface area (Å²) >= 11 is 0. The van der Waals surface area contributed by atoms with E-state index < -0.39 is 50.9 Å². The first-order chi connectivity index (χ1) is 14.3.